The largest absolute Gasteiger partial charge is 0.247 e. The van der Waals surface area contributed by atoms with Gasteiger partial charge in [-0.3, -0.25) is 0 Å². The second-order valence-electron chi connectivity index (χ2n) is 11.7. The van der Waals surface area contributed by atoms with Gasteiger partial charge >= 0.3 is 0 Å². The quantitative estimate of drug-likeness (QED) is 0.299. The van der Waals surface area contributed by atoms with E-state index in [0.29, 0.717) is 11.8 Å². The summed E-state index contributed by atoms with van der Waals surface area (Å²) in [4.78, 5) is 0. The molecule has 3 rings (SSSR count). The van der Waals surface area contributed by atoms with E-state index in [1.807, 2.05) is 0 Å². The van der Waals surface area contributed by atoms with Crippen LogP contribution in [0.3, 0.4) is 0 Å². The van der Waals surface area contributed by atoms with Crippen LogP contribution in [0, 0.1) is 46.8 Å². The fourth-order valence-corrected chi connectivity index (χ4v) is 7.26. The molecule has 0 aromatic heterocycles. The van der Waals surface area contributed by atoms with E-state index in [1.165, 1.54) is 96.3 Å². The van der Waals surface area contributed by atoms with Crippen molar-refractivity contribution in [2.75, 3.05) is 0 Å². The standard InChI is InChI=1S/C29H50FN/c1-2-5-23-17-19-28(20-18-23)29(30)22-27-15-13-26(14-16-27)12-11-25-9-7-24(8-10-25)6-3-4-21-31/h23-29H,2-20,22H2,1H3/t23-,24-,25-,26?,27?,28-,29?. The monoisotopic (exact) mass is 431 g/mol. The highest BCUT2D eigenvalue weighted by atomic mass is 19.1. The highest BCUT2D eigenvalue weighted by Gasteiger charge is 2.31. The van der Waals surface area contributed by atoms with Gasteiger partial charge in [0.2, 0.25) is 0 Å². The topological polar surface area (TPSA) is 23.8 Å². The lowest BCUT2D eigenvalue weighted by atomic mass is 9.72. The average molecular weight is 432 g/mol. The van der Waals surface area contributed by atoms with Crippen LogP contribution in [0.15, 0.2) is 0 Å². The van der Waals surface area contributed by atoms with Crippen molar-refractivity contribution in [1.29, 1.82) is 5.26 Å². The molecule has 3 saturated carbocycles. The Hall–Kier alpha value is -0.580. The Labute approximate surface area is 192 Å². The molecule has 0 bridgehead atoms. The summed E-state index contributed by atoms with van der Waals surface area (Å²) in [5.41, 5.74) is 0. The number of nitrogens with zero attached hydrogens (tertiary/aromatic N) is 1. The molecule has 0 heterocycles. The van der Waals surface area contributed by atoms with E-state index in [-0.39, 0.29) is 0 Å². The van der Waals surface area contributed by atoms with Crippen LogP contribution in [0.25, 0.3) is 0 Å². The van der Waals surface area contributed by atoms with E-state index in [9.17, 15) is 4.39 Å². The second kappa shape index (κ2) is 13.9. The van der Waals surface area contributed by atoms with E-state index >= 15 is 0 Å². The number of hydrogen-bond acceptors (Lipinski definition) is 1. The van der Waals surface area contributed by atoms with Gasteiger partial charge in [0.15, 0.2) is 0 Å². The van der Waals surface area contributed by atoms with Crippen molar-refractivity contribution in [3.8, 4) is 6.07 Å². The highest BCUT2D eigenvalue weighted by Crippen LogP contribution is 2.41. The molecule has 3 aliphatic carbocycles. The first kappa shape index (κ1) is 25.1. The number of hydrogen-bond donors (Lipinski definition) is 0. The van der Waals surface area contributed by atoms with Crippen LogP contribution in [0.1, 0.15) is 135 Å². The summed E-state index contributed by atoms with van der Waals surface area (Å²) in [5.74, 6) is 4.72. The lowest BCUT2D eigenvalue weighted by molar-refractivity contribution is 0.112. The van der Waals surface area contributed by atoms with Crippen LogP contribution in [0.4, 0.5) is 4.39 Å². The molecule has 3 fully saturated rings. The number of rotatable bonds is 11. The lowest BCUT2D eigenvalue weighted by Crippen LogP contribution is -2.26. The molecule has 0 radical (unpaired) electrons. The molecule has 0 aliphatic heterocycles. The molecule has 0 aromatic carbocycles. The third kappa shape index (κ3) is 8.70. The predicted molar refractivity (Wildman–Crippen MR) is 129 cm³/mol. The molecule has 0 spiro atoms. The van der Waals surface area contributed by atoms with Crippen LogP contribution in [0.5, 0.6) is 0 Å². The summed E-state index contributed by atoms with van der Waals surface area (Å²) in [7, 11) is 0. The summed E-state index contributed by atoms with van der Waals surface area (Å²) in [5, 5.41) is 8.71. The van der Waals surface area contributed by atoms with Crippen molar-refractivity contribution < 1.29 is 4.39 Å². The number of halogens is 1. The lowest BCUT2D eigenvalue weighted by Gasteiger charge is -2.34. The van der Waals surface area contributed by atoms with E-state index in [4.69, 9.17) is 5.26 Å². The van der Waals surface area contributed by atoms with Gasteiger partial charge in [-0.25, -0.2) is 4.39 Å². The summed E-state index contributed by atoms with van der Waals surface area (Å²) in [6.45, 7) is 2.28. The molecule has 1 atom stereocenters. The first-order valence-electron chi connectivity index (χ1n) is 14.2. The Morgan fingerprint density at radius 1 is 0.677 bits per heavy atom. The van der Waals surface area contributed by atoms with E-state index in [0.717, 1.165) is 55.8 Å². The molecular weight excluding hydrogens is 381 g/mol. The number of nitriles is 1. The van der Waals surface area contributed by atoms with Crippen LogP contribution < -0.4 is 0 Å². The third-order valence-electron chi connectivity index (χ3n) is 9.48. The fourth-order valence-electron chi connectivity index (χ4n) is 7.26. The second-order valence-corrected chi connectivity index (χ2v) is 11.7. The smallest absolute Gasteiger partial charge is 0.103 e. The van der Waals surface area contributed by atoms with Crippen LogP contribution in [-0.4, -0.2) is 6.17 Å². The van der Waals surface area contributed by atoms with Gasteiger partial charge in [0.05, 0.1) is 6.07 Å². The van der Waals surface area contributed by atoms with Gasteiger partial charge in [0.1, 0.15) is 6.17 Å². The maximum atomic E-state index is 15.0. The SMILES string of the molecule is CCC[C@H]1CC[C@H](C(F)CC2CCC(CC[C@H]3CC[C@H](CCCC#N)CC3)CC2)CC1. The van der Waals surface area contributed by atoms with Crippen molar-refractivity contribution in [1.82, 2.24) is 0 Å². The molecule has 31 heavy (non-hydrogen) atoms. The van der Waals surface area contributed by atoms with Crippen LogP contribution in [0.2, 0.25) is 0 Å². The molecule has 1 nitrogen and oxygen atoms in total. The first-order valence-corrected chi connectivity index (χ1v) is 14.2. The summed E-state index contributed by atoms with van der Waals surface area (Å²) >= 11 is 0. The summed E-state index contributed by atoms with van der Waals surface area (Å²) < 4.78 is 15.0. The molecule has 178 valence electrons. The van der Waals surface area contributed by atoms with Crippen LogP contribution >= 0.6 is 0 Å². The Bertz CT molecular complexity index is 501. The van der Waals surface area contributed by atoms with Gasteiger partial charge in [-0.05, 0) is 67.6 Å². The Balaban J connectivity index is 1.24. The van der Waals surface area contributed by atoms with Crippen molar-refractivity contribution in [2.24, 2.45) is 35.5 Å². The van der Waals surface area contributed by atoms with Crippen LogP contribution in [-0.2, 0) is 0 Å². The highest BCUT2D eigenvalue weighted by molar-refractivity contribution is 4.82. The minimum absolute atomic E-state index is 0.376. The molecule has 1 unspecified atom stereocenters. The van der Waals surface area contributed by atoms with Gasteiger partial charge in [-0.2, -0.15) is 5.26 Å². The maximum absolute atomic E-state index is 15.0. The first-order chi connectivity index (χ1) is 15.2. The molecule has 0 amide bonds. The average Bonchev–Trinajstić information content (AvgIpc) is 2.80. The van der Waals surface area contributed by atoms with Gasteiger partial charge in [-0.1, -0.05) is 96.8 Å². The van der Waals surface area contributed by atoms with Gasteiger partial charge in [0.25, 0.3) is 0 Å². The van der Waals surface area contributed by atoms with Gasteiger partial charge < -0.3 is 0 Å². The molecule has 3 aliphatic rings. The molecule has 0 N–H and O–H groups in total. The summed E-state index contributed by atoms with van der Waals surface area (Å²) in [6, 6.07) is 2.29. The van der Waals surface area contributed by atoms with Crippen molar-refractivity contribution in [3.05, 3.63) is 0 Å². The Morgan fingerprint density at radius 3 is 1.65 bits per heavy atom. The Morgan fingerprint density at radius 2 is 1.13 bits per heavy atom. The van der Waals surface area contributed by atoms with Crippen molar-refractivity contribution in [3.63, 3.8) is 0 Å². The minimum Gasteiger partial charge on any atom is -0.247 e. The van der Waals surface area contributed by atoms with E-state index < -0.39 is 6.17 Å². The number of alkyl halides is 1. The zero-order valence-electron chi connectivity index (χ0n) is 20.5. The normalized spacial score (nSPS) is 35.4. The zero-order chi connectivity index (χ0) is 21.9. The number of unbranched alkanes of at least 4 members (excludes halogenated alkanes) is 1. The minimum atomic E-state index is -0.521. The zero-order valence-corrected chi connectivity index (χ0v) is 20.5. The van der Waals surface area contributed by atoms with E-state index in [2.05, 4.69) is 13.0 Å². The van der Waals surface area contributed by atoms with Gasteiger partial charge in [0, 0.05) is 6.42 Å². The molecule has 0 aromatic rings. The Kier molecular flexibility index (Phi) is 11.2. The van der Waals surface area contributed by atoms with Gasteiger partial charge in [-0.15, -0.1) is 0 Å². The predicted octanol–water partition coefficient (Wildman–Crippen LogP) is 9.41. The van der Waals surface area contributed by atoms with Crippen molar-refractivity contribution in [2.45, 2.75) is 142 Å². The fraction of sp³-hybridized carbons (Fsp3) is 0.966. The van der Waals surface area contributed by atoms with E-state index in [1.54, 1.807) is 0 Å². The molecule has 2 heteroatoms. The van der Waals surface area contributed by atoms with Crippen molar-refractivity contribution >= 4 is 0 Å². The summed E-state index contributed by atoms with van der Waals surface area (Å²) in [6.07, 6.45) is 24.8. The molecule has 0 saturated heterocycles. The third-order valence-corrected chi connectivity index (χ3v) is 9.48. The molecular formula is C29H50FN. The maximum Gasteiger partial charge on any atom is 0.103 e.